The molecule has 0 aromatic heterocycles. The van der Waals surface area contributed by atoms with Crippen LogP contribution in [0.5, 0.6) is 5.75 Å². The molecule has 1 saturated heterocycles. The number of nitrogens with one attached hydrogen (secondary N) is 1. The van der Waals surface area contributed by atoms with Gasteiger partial charge in [-0.3, -0.25) is 28.8 Å². The number of carbonyl (C=O) groups is 7. The lowest BCUT2D eigenvalue weighted by molar-refractivity contribution is -0.161. The van der Waals surface area contributed by atoms with Gasteiger partial charge in [0.25, 0.3) is 0 Å². The highest BCUT2D eigenvalue weighted by atomic mass is 16.6. The highest BCUT2D eigenvalue weighted by molar-refractivity contribution is 6.05. The van der Waals surface area contributed by atoms with Crippen molar-refractivity contribution in [3.8, 4) is 5.75 Å². The summed E-state index contributed by atoms with van der Waals surface area (Å²) in [5.41, 5.74) is 6.03. The van der Waals surface area contributed by atoms with E-state index in [-0.39, 0.29) is 44.1 Å². The SMILES string of the molecule is CCC(C)CCCC(=O)OC(C(=O)[C@H](C)C(=O)NC(CC(C)C)C(=O)N1CCCC1C(=O)N(C)C(Cc1ccc(OC)cc1)C(=O)O[C@H](C)CC(N)=O)C(C)C. The number of hydrogen-bond donors (Lipinski definition) is 2. The first-order valence-corrected chi connectivity index (χ1v) is 20.0. The van der Waals surface area contributed by atoms with Gasteiger partial charge in [0.2, 0.25) is 23.6 Å². The first kappa shape index (κ1) is 47.7. The van der Waals surface area contributed by atoms with Crippen LogP contribution in [0.4, 0.5) is 0 Å². The van der Waals surface area contributed by atoms with Gasteiger partial charge in [0, 0.05) is 26.4 Å². The van der Waals surface area contributed by atoms with E-state index in [9.17, 15) is 33.6 Å². The fraction of sp³-hybridized carbons (Fsp3) is 0.690. The number of carbonyl (C=O) groups excluding carboxylic acids is 7. The third-order valence-corrected chi connectivity index (χ3v) is 10.4. The van der Waals surface area contributed by atoms with Crippen molar-refractivity contribution >= 4 is 41.4 Å². The molecule has 1 aromatic carbocycles. The predicted molar refractivity (Wildman–Crippen MR) is 211 cm³/mol. The van der Waals surface area contributed by atoms with Gasteiger partial charge in [0.15, 0.2) is 11.9 Å². The summed E-state index contributed by atoms with van der Waals surface area (Å²) in [5, 5.41) is 2.78. The van der Waals surface area contributed by atoms with Crippen LogP contribution in [0.15, 0.2) is 24.3 Å². The monoisotopic (exact) mass is 786 g/mol. The van der Waals surface area contributed by atoms with Crippen LogP contribution < -0.4 is 15.8 Å². The minimum Gasteiger partial charge on any atom is -0.497 e. The maximum Gasteiger partial charge on any atom is 0.329 e. The molecule has 1 aliphatic rings. The fourth-order valence-corrected chi connectivity index (χ4v) is 6.73. The largest absolute Gasteiger partial charge is 0.497 e. The quantitative estimate of drug-likeness (QED) is 0.119. The van der Waals surface area contributed by atoms with Crippen LogP contribution in [0.1, 0.15) is 112 Å². The van der Waals surface area contributed by atoms with E-state index in [1.807, 2.05) is 13.8 Å². The third-order valence-electron chi connectivity index (χ3n) is 10.4. The lowest BCUT2D eigenvalue weighted by Crippen LogP contribution is -2.57. The molecule has 56 heavy (non-hydrogen) atoms. The van der Waals surface area contributed by atoms with E-state index in [2.05, 4.69) is 19.2 Å². The molecule has 1 fully saturated rings. The number of ether oxygens (including phenoxy) is 3. The van der Waals surface area contributed by atoms with Gasteiger partial charge in [0.1, 0.15) is 30.0 Å². The van der Waals surface area contributed by atoms with Crippen molar-refractivity contribution in [1.29, 1.82) is 0 Å². The summed E-state index contributed by atoms with van der Waals surface area (Å²) in [7, 11) is 3.01. The Hall–Kier alpha value is -4.49. The number of ketones is 1. The van der Waals surface area contributed by atoms with Crippen molar-refractivity contribution in [2.45, 2.75) is 144 Å². The molecular weight excluding hydrogens is 720 g/mol. The number of benzene rings is 1. The number of nitrogens with two attached hydrogens (primary N) is 1. The van der Waals surface area contributed by atoms with Gasteiger partial charge in [0.05, 0.1) is 19.4 Å². The Morgan fingerprint density at radius 3 is 2.16 bits per heavy atom. The molecule has 1 heterocycles. The zero-order valence-electron chi connectivity index (χ0n) is 35.1. The van der Waals surface area contributed by atoms with Crippen molar-refractivity contribution in [1.82, 2.24) is 15.1 Å². The normalized spacial score (nSPS) is 17.3. The van der Waals surface area contributed by atoms with E-state index in [4.69, 9.17) is 19.9 Å². The molecule has 0 saturated carbocycles. The van der Waals surface area contributed by atoms with Gasteiger partial charge >= 0.3 is 11.9 Å². The second-order valence-electron chi connectivity index (χ2n) is 16.0. The number of Topliss-reactive ketones (excluding diaryl/α,β-unsaturated/α-hetero) is 1. The van der Waals surface area contributed by atoms with Crippen molar-refractivity contribution in [2.24, 2.45) is 29.4 Å². The van der Waals surface area contributed by atoms with Gasteiger partial charge in [-0.15, -0.1) is 0 Å². The molecular formula is C42H66N4O10. The predicted octanol–water partition coefficient (Wildman–Crippen LogP) is 4.38. The van der Waals surface area contributed by atoms with Gasteiger partial charge in [-0.05, 0) is 75.0 Å². The molecule has 0 bridgehead atoms. The molecule has 5 unspecified atom stereocenters. The number of rotatable bonds is 23. The summed E-state index contributed by atoms with van der Waals surface area (Å²) >= 11 is 0. The molecule has 4 amide bonds. The molecule has 0 radical (unpaired) electrons. The Morgan fingerprint density at radius 1 is 0.964 bits per heavy atom. The Kier molecular flexibility index (Phi) is 19.5. The maximum absolute atomic E-state index is 14.2. The molecule has 7 atom stereocenters. The van der Waals surface area contributed by atoms with E-state index in [0.717, 1.165) is 12.8 Å². The zero-order valence-corrected chi connectivity index (χ0v) is 35.1. The van der Waals surface area contributed by atoms with Crippen LogP contribution in [-0.2, 0) is 49.5 Å². The standard InChI is InChI=1S/C42H66N4O10/c1-11-27(6)14-12-16-36(48)56-38(26(4)5)37(49)29(8)39(50)44-32(22-25(2)3)40(51)46-21-13-15-33(46)41(52)45(9)34(42(53)55-28(7)23-35(43)47)24-30-17-19-31(54-10)20-18-30/h17-20,25-29,32-34,38H,11-16,21-24H2,1-10H3,(H2,43,47)(H,44,50)/t27?,28-,29+,32?,33?,34?,38?/m1/s1. The summed E-state index contributed by atoms with van der Waals surface area (Å²) in [6.45, 7) is 14.7. The van der Waals surface area contributed by atoms with Crippen LogP contribution in [0.2, 0.25) is 0 Å². The molecule has 314 valence electrons. The highest BCUT2D eigenvalue weighted by Crippen LogP contribution is 2.25. The van der Waals surface area contributed by atoms with Gasteiger partial charge < -0.3 is 35.1 Å². The van der Waals surface area contributed by atoms with Crippen molar-refractivity contribution in [2.75, 3.05) is 20.7 Å². The smallest absolute Gasteiger partial charge is 0.329 e. The fourth-order valence-electron chi connectivity index (χ4n) is 6.73. The number of hydrogen-bond acceptors (Lipinski definition) is 10. The van der Waals surface area contributed by atoms with Gasteiger partial charge in [-0.25, -0.2) is 4.79 Å². The Labute approximate surface area is 332 Å². The zero-order chi connectivity index (χ0) is 42.3. The number of amides is 4. The van der Waals surface area contributed by atoms with E-state index >= 15 is 0 Å². The minimum absolute atomic E-state index is 0.0412. The van der Waals surface area contributed by atoms with Gasteiger partial charge in [-0.2, -0.15) is 0 Å². The lowest BCUT2D eigenvalue weighted by Gasteiger charge is -2.34. The molecule has 3 N–H and O–H groups in total. The average molecular weight is 787 g/mol. The lowest BCUT2D eigenvalue weighted by atomic mass is 9.93. The first-order valence-electron chi connectivity index (χ1n) is 20.0. The molecule has 0 aliphatic carbocycles. The molecule has 14 nitrogen and oxygen atoms in total. The van der Waals surface area contributed by atoms with Crippen molar-refractivity contribution in [3.05, 3.63) is 29.8 Å². The first-order chi connectivity index (χ1) is 26.3. The molecule has 2 rings (SSSR count). The topological polar surface area (TPSA) is 192 Å². The van der Waals surface area contributed by atoms with E-state index in [0.29, 0.717) is 36.5 Å². The maximum atomic E-state index is 14.2. The second kappa shape index (κ2) is 22.9. The van der Waals surface area contributed by atoms with Crippen molar-refractivity contribution < 1.29 is 47.8 Å². The number of primary amides is 1. The highest BCUT2D eigenvalue weighted by Gasteiger charge is 2.43. The van der Waals surface area contributed by atoms with Crippen molar-refractivity contribution in [3.63, 3.8) is 0 Å². The van der Waals surface area contributed by atoms with E-state index in [1.165, 1.54) is 37.8 Å². The number of methoxy groups -OCH3 is 1. The molecule has 0 spiro atoms. The van der Waals surface area contributed by atoms with Gasteiger partial charge in [-0.1, -0.05) is 66.5 Å². The summed E-state index contributed by atoms with van der Waals surface area (Å²) in [5.74, 6) is -4.63. The van der Waals surface area contributed by atoms with Crippen LogP contribution in [0.25, 0.3) is 0 Å². The molecule has 1 aliphatic heterocycles. The van der Waals surface area contributed by atoms with Crippen LogP contribution >= 0.6 is 0 Å². The van der Waals surface area contributed by atoms with E-state index in [1.54, 1.807) is 38.1 Å². The number of nitrogens with zero attached hydrogens (tertiary/aromatic N) is 2. The Bertz CT molecular complexity index is 1500. The third kappa shape index (κ3) is 14.5. The Morgan fingerprint density at radius 2 is 1.61 bits per heavy atom. The van der Waals surface area contributed by atoms with Crippen LogP contribution in [0.3, 0.4) is 0 Å². The summed E-state index contributed by atoms with van der Waals surface area (Å²) in [6.07, 6.45) is 1.69. The minimum atomic E-state index is -1.22. The Balaban J connectivity index is 2.27. The summed E-state index contributed by atoms with van der Waals surface area (Å²) in [6, 6.07) is 3.91. The van der Waals surface area contributed by atoms with Crippen LogP contribution in [-0.4, -0.2) is 102 Å². The summed E-state index contributed by atoms with van der Waals surface area (Å²) in [4.78, 5) is 96.1. The molecule has 1 aromatic rings. The average Bonchev–Trinajstić information content (AvgIpc) is 3.63. The second-order valence-corrected chi connectivity index (χ2v) is 16.0. The number of esters is 2. The summed E-state index contributed by atoms with van der Waals surface area (Å²) < 4.78 is 16.4. The molecule has 14 heteroatoms. The number of likely N-dealkylation sites (N-methyl/N-ethyl adjacent to an activating group) is 1. The van der Waals surface area contributed by atoms with Crippen LogP contribution in [0, 0.1) is 23.7 Å². The van der Waals surface area contributed by atoms with E-state index < -0.39 is 77.6 Å². The number of likely N-dealkylation sites (tertiary alicyclic amines) is 1.